The summed E-state index contributed by atoms with van der Waals surface area (Å²) in [7, 11) is 1.59. The fourth-order valence-electron chi connectivity index (χ4n) is 1.67. The molecule has 0 fully saturated rings. The van der Waals surface area contributed by atoms with Crippen LogP contribution in [0.1, 0.15) is 10.4 Å². The van der Waals surface area contributed by atoms with Crippen molar-refractivity contribution in [1.82, 2.24) is 5.32 Å². The Bertz CT molecular complexity index is 676. The van der Waals surface area contributed by atoms with Crippen molar-refractivity contribution in [2.45, 2.75) is 0 Å². The second-order valence-corrected chi connectivity index (χ2v) is 5.80. The lowest BCUT2D eigenvalue weighted by Crippen LogP contribution is -2.34. The fraction of sp³-hybridized carbons (Fsp3) is 0.0667. The quantitative estimate of drug-likeness (QED) is 0.599. The van der Waals surface area contributed by atoms with E-state index in [1.165, 1.54) is 0 Å². The SMILES string of the molecule is COc1cccc(NC(=S)NC(=O)c2cccc(I)c2)c1. The van der Waals surface area contributed by atoms with Gasteiger partial charge >= 0.3 is 0 Å². The third-order valence-electron chi connectivity index (χ3n) is 2.64. The Hall–Kier alpha value is -1.67. The van der Waals surface area contributed by atoms with Gasteiger partial charge in [-0.15, -0.1) is 0 Å². The smallest absolute Gasteiger partial charge is 0.257 e. The summed E-state index contributed by atoms with van der Waals surface area (Å²) >= 11 is 7.30. The van der Waals surface area contributed by atoms with E-state index >= 15 is 0 Å². The van der Waals surface area contributed by atoms with Gasteiger partial charge in [0.15, 0.2) is 5.11 Å². The first-order chi connectivity index (χ1) is 10.1. The number of halogens is 1. The van der Waals surface area contributed by atoms with Crippen molar-refractivity contribution in [3.05, 3.63) is 57.7 Å². The summed E-state index contributed by atoms with van der Waals surface area (Å²) in [6.07, 6.45) is 0. The maximum Gasteiger partial charge on any atom is 0.257 e. The zero-order chi connectivity index (χ0) is 15.2. The first-order valence-corrected chi connectivity index (χ1v) is 7.59. The summed E-state index contributed by atoms with van der Waals surface area (Å²) in [5.41, 5.74) is 1.32. The number of benzene rings is 2. The molecule has 0 radical (unpaired) electrons. The Morgan fingerprint density at radius 1 is 1.19 bits per heavy atom. The van der Waals surface area contributed by atoms with Gasteiger partial charge in [-0.1, -0.05) is 12.1 Å². The molecular formula is C15H13IN2O2S. The molecule has 2 rings (SSSR count). The second kappa shape index (κ2) is 7.37. The highest BCUT2D eigenvalue weighted by Crippen LogP contribution is 2.16. The molecule has 1 amide bonds. The first-order valence-electron chi connectivity index (χ1n) is 6.10. The molecule has 0 heterocycles. The van der Waals surface area contributed by atoms with E-state index in [0.29, 0.717) is 11.3 Å². The molecule has 2 aromatic carbocycles. The zero-order valence-electron chi connectivity index (χ0n) is 11.2. The van der Waals surface area contributed by atoms with Crippen LogP contribution in [-0.2, 0) is 0 Å². The van der Waals surface area contributed by atoms with E-state index in [1.807, 2.05) is 30.3 Å². The van der Waals surface area contributed by atoms with Gasteiger partial charge in [0.2, 0.25) is 0 Å². The Labute approximate surface area is 142 Å². The number of thiocarbonyl (C=S) groups is 1. The molecule has 0 aliphatic rings. The van der Waals surface area contributed by atoms with Crippen molar-refractivity contribution in [1.29, 1.82) is 0 Å². The number of amides is 1. The summed E-state index contributed by atoms with van der Waals surface area (Å²) in [5.74, 6) is 0.473. The van der Waals surface area contributed by atoms with Crippen LogP contribution < -0.4 is 15.4 Å². The highest BCUT2D eigenvalue weighted by molar-refractivity contribution is 14.1. The largest absolute Gasteiger partial charge is 0.497 e. The van der Waals surface area contributed by atoms with Gasteiger partial charge in [0.05, 0.1) is 7.11 Å². The first kappa shape index (κ1) is 15.7. The Morgan fingerprint density at radius 3 is 2.67 bits per heavy atom. The summed E-state index contributed by atoms with van der Waals surface area (Å²) in [4.78, 5) is 12.1. The molecule has 0 aliphatic heterocycles. The number of hydrogen-bond acceptors (Lipinski definition) is 3. The number of ether oxygens (including phenoxy) is 1. The van der Waals surface area contributed by atoms with E-state index in [4.69, 9.17) is 17.0 Å². The van der Waals surface area contributed by atoms with E-state index in [9.17, 15) is 4.79 Å². The number of nitrogens with one attached hydrogen (secondary N) is 2. The zero-order valence-corrected chi connectivity index (χ0v) is 14.2. The Balaban J connectivity index is 1.99. The molecule has 0 saturated carbocycles. The van der Waals surface area contributed by atoms with Crippen molar-refractivity contribution >= 4 is 51.5 Å². The fourth-order valence-corrected chi connectivity index (χ4v) is 2.42. The molecule has 0 aromatic heterocycles. The van der Waals surface area contributed by atoms with Gasteiger partial charge in [0, 0.05) is 20.9 Å². The molecule has 0 atom stereocenters. The topological polar surface area (TPSA) is 50.4 Å². The van der Waals surface area contributed by atoms with Crippen LogP contribution in [0.25, 0.3) is 0 Å². The lowest BCUT2D eigenvalue weighted by atomic mass is 10.2. The van der Waals surface area contributed by atoms with Gasteiger partial charge in [-0.05, 0) is 65.1 Å². The van der Waals surface area contributed by atoms with Gasteiger partial charge in [-0.25, -0.2) is 0 Å². The maximum atomic E-state index is 12.1. The van der Waals surface area contributed by atoms with Crippen LogP contribution in [0.3, 0.4) is 0 Å². The van der Waals surface area contributed by atoms with Crippen LogP contribution in [0.15, 0.2) is 48.5 Å². The van der Waals surface area contributed by atoms with Crippen LogP contribution in [0.5, 0.6) is 5.75 Å². The molecule has 6 heteroatoms. The van der Waals surface area contributed by atoms with Crippen LogP contribution in [0, 0.1) is 3.57 Å². The second-order valence-electron chi connectivity index (χ2n) is 4.15. The third-order valence-corrected chi connectivity index (χ3v) is 3.52. The van der Waals surface area contributed by atoms with Crippen LogP contribution in [0.2, 0.25) is 0 Å². The third kappa shape index (κ3) is 4.68. The number of anilines is 1. The number of rotatable bonds is 3. The summed E-state index contributed by atoms with van der Waals surface area (Å²) < 4.78 is 6.12. The molecule has 0 aliphatic carbocycles. The molecule has 0 saturated heterocycles. The molecule has 0 unspecified atom stereocenters. The standard InChI is InChI=1S/C15H13IN2O2S/c1-20-13-7-3-6-12(9-13)17-15(21)18-14(19)10-4-2-5-11(16)8-10/h2-9H,1H3,(H2,17,18,19,21). The van der Waals surface area contributed by atoms with Crippen molar-refractivity contribution in [2.75, 3.05) is 12.4 Å². The number of carbonyl (C=O) groups excluding carboxylic acids is 1. The predicted octanol–water partition coefficient (Wildman–Crippen LogP) is 3.43. The van der Waals surface area contributed by atoms with Gasteiger partial charge in [-0.2, -0.15) is 0 Å². The molecule has 21 heavy (non-hydrogen) atoms. The predicted molar refractivity (Wildman–Crippen MR) is 95.8 cm³/mol. The number of hydrogen-bond donors (Lipinski definition) is 2. The van der Waals surface area contributed by atoms with Crippen LogP contribution >= 0.6 is 34.8 Å². The molecular weight excluding hydrogens is 399 g/mol. The molecule has 0 bridgehead atoms. The summed E-state index contributed by atoms with van der Waals surface area (Å²) in [6.45, 7) is 0. The van der Waals surface area contributed by atoms with Gasteiger partial charge < -0.3 is 10.1 Å². The lowest BCUT2D eigenvalue weighted by Gasteiger charge is -2.10. The van der Waals surface area contributed by atoms with Crippen LogP contribution in [-0.4, -0.2) is 18.1 Å². The molecule has 108 valence electrons. The van der Waals surface area contributed by atoms with Crippen molar-refractivity contribution in [3.8, 4) is 5.75 Å². The molecule has 2 N–H and O–H groups in total. The molecule has 0 spiro atoms. The van der Waals surface area contributed by atoms with Crippen LogP contribution in [0.4, 0.5) is 5.69 Å². The highest BCUT2D eigenvalue weighted by atomic mass is 127. The van der Waals surface area contributed by atoms with Gasteiger partial charge in [0.25, 0.3) is 5.91 Å². The van der Waals surface area contributed by atoms with Crippen molar-refractivity contribution in [2.24, 2.45) is 0 Å². The lowest BCUT2D eigenvalue weighted by molar-refractivity contribution is 0.0977. The summed E-state index contributed by atoms with van der Waals surface area (Å²) in [6, 6.07) is 14.6. The molecule has 4 nitrogen and oxygen atoms in total. The minimum absolute atomic E-state index is 0.242. The maximum absolute atomic E-state index is 12.1. The van der Waals surface area contributed by atoms with E-state index in [2.05, 4.69) is 33.2 Å². The van der Waals surface area contributed by atoms with Gasteiger partial charge in [0.1, 0.15) is 5.75 Å². The van der Waals surface area contributed by atoms with Gasteiger partial charge in [-0.3, -0.25) is 10.1 Å². The number of methoxy groups -OCH3 is 1. The average Bonchev–Trinajstić information content (AvgIpc) is 2.47. The summed E-state index contributed by atoms with van der Waals surface area (Å²) in [5, 5.41) is 5.84. The highest BCUT2D eigenvalue weighted by Gasteiger charge is 2.08. The average molecular weight is 412 g/mol. The van der Waals surface area contributed by atoms with E-state index in [1.54, 1.807) is 25.3 Å². The van der Waals surface area contributed by atoms with E-state index in [-0.39, 0.29) is 11.0 Å². The van der Waals surface area contributed by atoms with E-state index in [0.717, 1.165) is 9.26 Å². The van der Waals surface area contributed by atoms with Crippen molar-refractivity contribution in [3.63, 3.8) is 0 Å². The number of carbonyl (C=O) groups is 1. The molecule has 2 aromatic rings. The van der Waals surface area contributed by atoms with Crippen molar-refractivity contribution < 1.29 is 9.53 Å². The normalized spacial score (nSPS) is 9.81. The minimum atomic E-state index is -0.242. The monoisotopic (exact) mass is 412 g/mol. The Morgan fingerprint density at radius 2 is 1.95 bits per heavy atom. The van der Waals surface area contributed by atoms with E-state index < -0.39 is 0 Å². The Kier molecular flexibility index (Phi) is 5.51. The minimum Gasteiger partial charge on any atom is -0.497 e.